The Labute approximate surface area is 231 Å². The number of azo groups is 1. The van der Waals surface area contributed by atoms with E-state index < -0.39 is 19.2 Å². The fourth-order valence-corrected chi connectivity index (χ4v) is 4.15. The van der Waals surface area contributed by atoms with Crippen LogP contribution in [0.1, 0.15) is 18.1 Å². The quantitative estimate of drug-likeness (QED) is 0.0743. The molecule has 40 heavy (non-hydrogen) atoms. The topological polar surface area (TPSA) is 156 Å². The first kappa shape index (κ1) is 28.6. The number of non-ortho nitro benzene ring substituents is 1. The van der Waals surface area contributed by atoms with Gasteiger partial charge in [0.2, 0.25) is 0 Å². The molecule has 3 aromatic carbocycles. The summed E-state index contributed by atoms with van der Waals surface area (Å²) in [4.78, 5) is 12.4. The summed E-state index contributed by atoms with van der Waals surface area (Å²) in [5.41, 5.74) is 4.10. The minimum Gasteiger partial charge on any atom is -0.423 e. The second kappa shape index (κ2) is 13.1. The van der Waals surface area contributed by atoms with Crippen molar-refractivity contribution in [3.8, 4) is 0 Å². The highest BCUT2D eigenvalue weighted by atomic mass is 16.6. The molecule has 202 valence electrons. The largest absolute Gasteiger partial charge is 0.494 e. The van der Waals surface area contributed by atoms with Crippen LogP contribution >= 0.6 is 0 Å². The fourth-order valence-electron chi connectivity index (χ4n) is 4.15. The molecule has 0 aliphatic carbocycles. The smallest absolute Gasteiger partial charge is 0.423 e. The average Bonchev–Trinajstić information content (AvgIpc) is 2.96. The highest BCUT2D eigenvalue weighted by Crippen LogP contribution is 2.24. The molecule has 0 saturated heterocycles. The Balaban J connectivity index is 1.47. The monoisotopic (exact) mass is 540 g/mol. The van der Waals surface area contributed by atoms with Crippen LogP contribution in [0.25, 0.3) is 0 Å². The maximum atomic E-state index is 10.8. The number of nitro benzene ring substituents is 1. The molecule has 0 aliphatic heterocycles. The summed E-state index contributed by atoms with van der Waals surface area (Å²) in [6.07, 6.45) is 3.56. The maximum absolute atomic E-state index is 10.8. The number of benzene rings is 3. The third-order valence-electron chi connectivity index (χ3n) is 6.31. The molecule has 0 bridgehead atoms. The van der Waals surface area contributed by atoms with Gasteiger partial charge in [-0.15, -0.1) is 0 Å². The van der Waals surface area contributed by atoms with Gasteiger partial charge in [-0.3, -0.25) is 10.1 Å². The molecule has 4 aromatic rings. The normalized spacial score (nSPS) is 11.0. The molecule has 1 aromatic heterocycles. The molecule has 4 rings (SSSR count). The van der Waals surface area contributed by atoms with Crippen molar-refractivity contribution in [2.75, 3.05) is 11.4 Å². The Morgan fingerprint density at radius 3 is 2.23 bits per heavy atom. The van der Waals surface area contributed by atoms with Crippen molar-refractivity contribution in [1.29, 1.82) is 0 Å². The van der Waals surface area contributed by atoms with E-state index in [2.05, 4.69) is 15.1 Å². The van der Waals surface area contributed by atoms with Crippen LogP contribution in [0.3, 0.4) is 0 Å². The fraction of sp³-hybridized carbons (Fsp3) is 0.148. The first-order valence-corrected chi connectivity index (χ1v) is 12.6. The number of pyridine rings is 1. The summed E-state index contributed by atoms with van der Waals surface area (Å²) in [6, 6.07) is 22.2. The van der Waals surface area contributed by atoms with Crippen LogP contribution in [0.2, 0.25) is 0 Å². The number of hydrogen-bond acceptors (Lipinski definition) is 9. The maximum Gasteiger partial charge on any atom is 0.494 e. The molecule has 11 nitrogen and oxygen atoms in total. The molecule has 4 N–H and O–H groups in total. The lowest BCUT2D eigenvalue weighted by Gasteiger charge is -2.24. The van der Waals surface area contributed by atoms with Crippen molar-refractivity contribution in [3.63, 3.8) is 0 Å². The molecule has 0 aliphatic rings. The second-order valence-corrected chi connectivity index (χ2v) is 9.10. The van der Waals surface area contributed by atoms with Gasteiger partial charge < -0.3 is 25.0 Å². The predicted molar refractivity (Wildman–Crippen MR) is 152 cm³/mol. The van der Waals surface area contributed by atoms with Crippen molar-refractivity contribution >= 4 is 47.9 Å². The lowest BCUT2D eigenvalue weighted by molar-refractivity contribution is -0.687. The first-order valence-electron chi connectivity index (χ1n) is 12.6. The van der Waals surface area contributed by atoms with Crippen LogP contribution in [-0.4, -0.2) is 45.8 Å². The molecule has 0 unspecified atom stereocenters. The number of aromatic nitrogens is 1. The van der Waals surface area contributed by atoms with Gasteiger partial charge in [0.05, 0.1) is 16.3 Å². The third-order valence-corrected chi connectivity index (χ3v) is 6.31. The molecule has 0 radical (unpaired) electrons. The molecule has 0 atom stereocenters. The number of nitrogens with zero attached hydrogens (tertiary/aromatic N) is 5. The van der Waals surface area contributed by atoms with Crippen molar-refractivity contribution in [2.24, 2.45) is 10.2 Å². The van der Waals surface area contributed by atoms with E-state index in [1.807, 2.05) is 48.0 Å². The Hall–Kier alpha value is -4.42. The van der Waals surface area contributed by atoms with Gasteiger partial charge in [-0.25, -0.2) is 4.57 Å². The van der Waals surface area contributed by atoms with E-state index >= 15 is 0 Å². The molecule has 0 saturated carbocycles. The molecular formula is C27H28B2N5O6+. The van der Waals surface area contributed by atoms with Gasteiger partial charge in [-0.05, 0) is 42.8 Å². The van der Waals surface area contributed by atoms with E-state index in [0.717, 1.165) is 16.8 Å². The van der Waals surface area contributed by atoms with Crippen LogP contribution in [0.4, 0.5) is 22.7 Å². The third kappa shape index (κ3) is 7.36. The Morgan fingerprint density at radius 2 is 1.60 bits per heavy atom. The molecule has 0 fully saturated rings. The summed E-state index contributed by atoms with van der Waals surface area (Å²) in [5.74, 6) is 0. The molecule has 0 spiro atoms. The standard InChI is InChI=1S/C27H28B2N5O6/c1-2-33(18-21-7-5-20(6-8-21)17-32-15-3-4-22(19-32)28(35)36)25-13-14-27(26(16-25)29(37)38)31-30-23-9-11-24(12-10-23)34(39)40/h3-16,19,35-38H,2,17-18H2,1H3/q+1. The average molecular weight is 540 g/mol. The van der Waals surface area contributed by atoms with Crippen LogP contribution < -0.4 is 20.4 Å². The number of nitro groups is 1. The molecule has 0 amide bonds. The SMILES string of the molecule is CCN(Cc1ccc(C[n+]2cccc(B(O)O)c2)cc1)c1ccc(N=Nc2ccc([N+](=O)[O-])cc2)c(B(O)O)c1. The van der Waals surface area contributed by atoms with Gasteiger partial charge in [-0.2, -0.15) is 10.2 Å². The summed E-state index contributed by atoms with van der Waals surface area (Å²) in [6.45, 7) is 3.83. The minimum absolute atomic E-state index is 0.0588. The number of anilines is 1. The number of hydrogen-bond donors (Lipinski definition) is 4. The van der Waals surface area contributed by atoms with E-state index in [9.17, 15) is 30.2 Å². The highest BCUT2D eigenvalue weighted by molar-refractivity contribution is 6.60. The van der Waals surface area contributed by atoms with Gasteiger partial charge >= 0.3 is 14.2 Å². The molecular weight excluding hydrogens is 512 g/mol. The Bertz CT molecular complexity index is 1480. The zero-order valence-corrected chi connectivity index (χ0v) is 21.8. The van der Waals surface area contributed by atoms with Gasteiger partial charge in [0.15, 0.2) is 18.9 Å². The summed E-state index contributed by atoms with van der Waals surface area (Å²) < 4.78 is 1.88. The second-order valence-electron chi connectivity index (χ2n) is 9.10. The lowest BCUT2D eigenvalue weighted by atomic mass is 9.78. The minimum atomic E-state index is -1.77. The van der Waals surface area contributed by atoms with Crippen LogP contribution in [0, 0.1) is 10.1 Å². The van der Waals surface area contributed by atoms with Crippen molar-refractivity contribution < 1.29 is 29.6 Å². The van der Waals surface area contributed by atoms with E-state index in [4.69, 9.17) is 0 Å². The summed E-state index contributed by atoms with van der Waals surface area (Å²) in [7, 11) is -3.29. The van der Waals surface area contributed by atoms with Gasteiger partial charge in [0, 0.05) is 53.5 Å². The zero-order chi connectivity index (χ0) is 28.6. The van der Waals surface area contributed by atoms with Crippen LogP contribution in [0.15, 0.2) is 101 Å². The zero-order valence-electron chi connectivity index (χ0n) is 21.8. The molecule has 13 heteroatoms. The van der Waals surface area contributed by atoms with Crippen LogP contribution in [0.5, 0.6) is 0 Å². The lowest BCUT2D eigenvalue weighted by Crippen LogP contribution is -2.42. The van der Waals surface area contributed by atoms with Gasteiger partial charge in [-0.1, -0.05) is 30.3 Å². The summed E-state index contributed by atoms with van der Waals surface area (Å²) >= 11 is 0. The van der Waals surface area contributed by atoms with E-state index in [-0.39, 0.29) is 16.8 Å². The van der Waals surface area contributed by atoms with Crippen LogP contribution in [-0.2, 0) is 13.1 Å². The van der Waals surface area contributed by atoms with Gasteiger partial charge in [0.1, 0.15) is 0 Å². The Morgan fingerprint density at radius 1 is 0.900 bits per heavy atom. The van der Waals surface area contributed by atoms with E-state index in [0.29, 0.717) is 30.8 Å². The summed E-state index contributed by atoms with van der Waals surface area (Å²) in [5, 5.41) is 57.8. The Kier molecular flexibility index (Phi) is 9.35. The van der Waals surface area contributed by atoms with Crippen molar-refractivity contribution in [3.05, 3.63) is 112 Å². The highest BCUT2D eigenvalue weighted by Gasteiger charge is 2.19. The van der Waals surface area contributed by atoms with E-state index in [1.165, 1.54) is 24.3 Å². The van der Waals surface area contributed by atoms with Crippen molar-refractivity contribution in [1.82, 2.24) is 0 Å². The predicted octanol–water partition coefficient (Wildman–Crippen LogP) is 1.73. The van der Waals surface area contributed by atoms with E-state index in [1.54, 1.807) is 30.5 Å². The van der Waals surface area contributed by atoms with Gasteiger partial charge in [0.25, 0.3) is 5.69 Å². The first-order chi connectivity index (χ1) is 19.2. The molecule has 1 heterocycles. The van der Waals surface area contributed by atoms with Crippen molar-refractivity contribution in [2.45, 2.75) is 20.0 Å². The number of rotatable bonds is 11.